The van der Waals surface area contributed by atoms with Gasteiger partial charge in [-0.1, -0.05) is 15.9 Å². The van der Waals surface area contributed by atoms with Gasteiger partial charge in [-0.2, -0.15) is 0 Å². The molecule has 0 fully saturated rings. The summed E-state index contributed by atoms with van der Waals surface area (Å²) in [5.41, 5.74) is 2.02. The van der Waals surface area contributed by atoms with Crippen LogP contribution in [0.1, 0.15) is 5.56 Å². The second-order valence-corrected chi connectivity index (χ2v) is 5.84. The Morgan fingerprint density at radius 3 is 3.00 bits per heavy atom. The molecule has 3 rings (SSSR count). The minimum atomic E-state index is -0.363. The van der Waals surface area contributed by atoms with E-state index >= 15 is 0 Å². The molecule has 1 N–H and O–H groups in total. The molecule has 0 aliphatic carbocycles. The summed E-state index contributed by atoms with van der Waals surface area (Å²) in [5, 5.41) is 3.25. The number of fused-ring (bicyclic) bond motifs is 1. The largest absolute Gasteiger partial charge is 0.494 e. The Morgan fingerprint density at radius 1 is 1.33 bits per heavy atom. The average Bonchev–Trinajstić information content (AvgIpc) is 2.88. The molecule has 21 heavy (non-hydrogen) atoms. The van der Waals surface area contributed by atoms with Gasteiger partial charge in [-0.15, -0.1) is 0 Å². The minimum Gasteiger partial charge on any atom is -0.494 e. The van der Waals surface area contributed by atoms with Crippen molar-refractivity contribution in [2.75, 3.05) is 19.0 Å². The van der Waals surface area contributed by atoms with Crippen molar-refractivity contribution in [2.45, 2.75) is 12.5 Å². The summed E-state index contributed by atoms with van der Waals surface area (Å²) >= 11 is 3.46. The Labute approximate surface area is 131 Å². The van der Waals surface area contributed by atoms with Crippen LogP contribution >= 0.6 is 15.9 Å². The lowest BCUT2D eigenvalue weighted by atomic mass is 10.1. The zero-order chi connectivity index (χ0) is 14.8. The SMILES string of the molecule is COc1cc(NCC2Cc3cc(Br)ccc3O2)ccc1F. The number of halogens is 2. The third-order valence-electron chi connectivity index (χ3n) is 3.45. The highest BCUT2D eigenvalue weighted by molar-refractivity contribution is 9.10. The normalized spacial score (nSPS) is 16.2. The topological polar surface area (TPSA) is 30.5 Å². The molecule has 2 aromatic carbocycles. The van der Waals surface area contributed by atoms with Crippen LogP contribution in [0.4, 0.5) is 10.1 Å². The van der Waals surface area contributed by atoms with Gasteiger partial charge in [0.25, 0.3) is 0 Å². The first-order chi connectivity index (χ1) is 10.2. The molecule has 3 nitrogen and oxygen atoms in total. The van der Waals surface area contributed by atoms with Gasteiger partial charge in [-0.05, 0) is 35.9 Å². The van der Waals surface area contributed by atoms with Gasteiger partial charge in [0.1, 0.15) is 11.9 Å². The maximum absolute atomic E-state index is 13.3. The molecule has 110 valence electrons. The lowest BCUT2D eigenvalue weighted by molar-refractivity contribution is 0.246. The van der Waals surface area contributed by atoms with Crippen molar-refractivity contribution < 1.29 is 13.9 Å². The van der Waals surface area contributed by atoms with Crippen molar-refractivity contribution in [3.8, 4) is 11.5 Å². The number of benzene rings is 2. The number of hydrogen-bond donors (Lipinski definition) is 1. The summed E-state index contributed by atoms with van der Waals surface area (Å²) < 4.78 is 25.2. The molecule has 0 amide bonds. The molecule has 1 heterocycles. The van der Waals surface area contributed by atoms with Crippen LogP contribution in [-0.4, -0.2) is 19.8 Å². The maximum atomic E-state index is 13.3. The van der Waals surface area contributed by atoms with Crippen LogP contribution in [0, 0.1) is 5.82 Å². The second-order valence-electron chi connectivity index (χ2n) is 4.93. The molecule has 1 unspecified atom stereocenters. The lowest BCUT2D eigenvalue weighted by Gasteiger charge is -2.13. The number of rotatable bonds is 4. The third kappa shape index (κ3) is 3.13. The van der Waals surface area contributed by atoms with Gasteiger partial charge in [0.05, 0.1) is 13.7 Å². The summed E-state index contributed by atoms with van der Waals surface area (Å²) in [7, 11) is 1.46. The molecule has 2 aromatic rings. The van der Waals surface area contributed by atoms with Gasteiger partial charge in [0.2, 0.25) is 0 Å². The maximum Gasteiger partial charge on any atom is 0.165 e. The van der Waals surface area contributed by atoms with E-state index in [1.165, 1.54) is 18.7 Å². The molecule has 1 atom stereocenters. The summed E-state index contributed by atoms with van der Waals surface area (Å²) in [6.07, 6.45) is 0.936. The molecule has 0 saturated carbocycles. The molecule has 0 radical (unpaired) electrons. The predicted molar refractivity (Wildman–Crippen MR) is 83.7 cm³/mol. The van der Waals surface area contributed by atoms with Crippen molar-refractivity contribution in [3.05, 3.63) is 52.3 Å². The van der Waals surface area contributed by atoms with E-state index < -0.39 is 0 Å². The molecule has 0 saturated heterocycles. The van der Waals surface area contributed by atoms with E-state index in [4.69, 9.17) is 9.47 Å². The summed E-state index contributed by atoms with van der Waals surface area (Å²) in [6, 6.07) is 10.8. The number of hydrogen-bond acceptors (Lipinski definition) is 3. The summed E-state index contributed by atoms with van der Waals surface area (Å²) in [6.45, 7) is 0.654. The number of methoxy groups -OCH3 is 1. The van der Waals surface area contributed by atoms with E-state index in [0.29, 0.717) is 6.54 Å². The standard InChI is InChI=1S/C16H15BrFNO2/c1-20-16-8-12(3-4-14(16)18)19-9-13-7-10-6-11(17)2-5-15(10)21-13/h2-6,8,13,19H,7,9H2,1H3. The van der Waals surface area contributed by atoms with Crippen LogP contribution in [0.3, 0.4) is 0 Å². The molecular formula is C16H15BrFNO2. The van der Waals surface area contributed by atoms with Gasteiger partial charge in [0, 0.05) is 22.6 Å². The van der Waals surface area contributed by atoms with E-state index in [1.54, 1.807) is 12.1 Å². The number of anilines is 1. The van der Waals surface area contributed by atoms with E-state index in [0.717, 1.165) is 22.3 Å². The predicted octanol–water partition coefficient (Wildman–Crippen LogP) is 4.01. The highest BCUT2D eigenvalue weighted by Crippen LogP contribution is 2.31. The first kappa shape index (κ1) is 14.2. The van der Waals surface area contributed by atoms with Gasteiger partial charge in [-0.3, -0.25) is 0 Å². The number of nitrogens with one attached hydrogen (secondary N) is 1. The molecular weight excluding hydrogens is 337 g/mol. The van der Waals surface area contributed by atoms with E-state index in [2.05, 4.69) is 27.3 Å². The minimum absolute atomic E-state index is 0.0744. The van der Waals surface area contributed by atoms with Gasteiger partial charge >= 0.3 is 0 Å². The fraction of sp³-hybridized carbons (Fsp3) is 0.250. The van der Waals surface area contributed by atoms with Gasteiger partial charge < -0.3 is 14.8 Å². The van der Waals surface area contributed by atoms with Crippen molar-refractivity contribution in [2.24, 2.45) is 0 Å². The lowest BCUT2D eigenvalue weighted by Crippen LogP contribution is -2.23. The average molecular weight is 352 g/mol. The highest BCUT2D eigenvalue weighted by Gasteiger charge is 2.22. The zero-order valence-corrected chi connectivity index (χ0v) is 13.1. The van der Waals surface area contributed by atoms with Crippen molar-refractivity contribution in [3.63, 3.8) is 0 Å². The Bertz CT molecular complexity index is 663. The molecule has 1 aliphatic heterocycles. The third-order valence-corrected chi connectivity index (χ3v) is 3.94. The van der Waals surface area contributed by atoms with Crippen molar-refractivity contribution in [1.82, 2.24) is 0 Å². The monoisotopic (exact) mass is 351 g/mol. The Balaban J connectivity index is 1.62. The fourth-order valence-electron chi connectivity index (χ4n) is 2.40. The van der Waals surface area contributed by atoms with Crippen LogP contribution in [0.5, 0.6) is 11.5 Å². The Kier molecular flexibility index (Phi) is 4.01. The molecule has 0 spiro atoms. The van der Waals surface area contributed by atoms with Crippen molar-refractivity contribution in [1.29, 1.82) is 0 Å². The Morgan fingerprint density at radius 2 is 2.19 bits per heavy atom. The summed E-state index contributed by atoms with van der Waals surface area (Å²) in [4.78, 5) is 0. The first-order valence-corrected chi connectivity index (χ1v) is 7.47. The van der Waals surface area contributed by atoms with Crippen LogP contribution < -0.4 is 14.8 Å². The molecule has 5 heteroatoms. The van der Waals surface area contributed by atoms with E-state index in [-0.39, 0.29) is 17.7 Å². The van der Waals surface area contributed by atoms with Crippen LogP contribution in [0.15, 0.2) is 40.9 Å². The first-order valence-electron chi connectivity index (χ1n) is 6.68. The zero-order valence-electron chi connectivity index (χ0n) is 11.5. The number of ether oxygens (including phenoxy) is 2. The smallest absolute Gasteiger partial charge is 0.165 e. The van der Waals surface area contributed by atoms with E-state index in [9.17, 15) is 4.39 Å². The van der Waals surface area contributed by atoms with Gasteiger partial charge in [-0.25, -0.2) is 4.39 Å². The second kappa shape index (κ2) is 5.93. The highest BCUT2D eigenvalue weighted by atomic mass is 79.9. The van der Waals surface area contributed by atoms with Gasteiger partial charge in [0.15, 0.2) is 11.6 Å². The van der Waals surface area contributed by atoms with Crippen LogP contribution in [-0.2, 0) is 6.42 Å². The fourth-order valence-corrected chi connectivity index (χ4v) is 2.81. The van der Waals surface area contributed by atoms with Crippen molar-refractivity contribution >= 4 is 21.6 Å². The molecule has 0 bridgehead atoms. The molecule has 0 aromatic heterocycles. The van der Waals surface area contributed by atoms with E-state index in [1.807, 2.05) is 12.1 Å². The van der Waals surface area contributed by atoms with Crippen LogP contribution in [0.2, 0.25) is 0 Å². The summed E-state index contributed by atoms with van der Waals surface area (Å²) in [5.74, 6) is 0.804. The quantitative estimate of drug-likeness (QED) is 0.902. The van der Waals surface area contributed by atoms with Crippen LogP contribution in [0.25, 0.3) is 0 Å². The molecule has 1 aliphatic rings. The Hall–Kier alpha value is -1.75.